The zero-order valence-electron chi connectivity index (χ0n) is 10.8. The van der Waals surface area contributed by atoms with Gasteiger partial charge in [0.05, 0.1) is 4.92 Å². The molecule has 0 aliphatic heterocycles. The number of aryl methyl sites for hydroxylation is 1. The van der Waals surface area contributed by atoms with Gasteiger partial charge in [0.1, 0.15) is 11.4 Å². The van der Waals surface area contributed by atoms with Gasteiger partial charge in [-0.1, -0.05) is 6.92 Å². The molecule has 1 aromatic heterocycles. The molecule has 0 spiro atoms. The Balaban J connectivity index is 3.45. The van der Waals surface area contributed by atoms with Gasteiger partial charge >= 0.3 is 5.69 Å². The van der Waals surface area contributed by atoms with E-state index in [-0.39, 0.29) is 27.9 Å². The summed E-state index contributed by atoms with van der Waals surface area (Å²) in [5.74, 6) is -0.110. The molecule has 1 aromatic rings. The number of nitro groups is 1. The summed E-state index contributed by atoms with van der Waals surface area (Å²) in [6, 6.07) is 0.0790. The molecular weight excluding hydrogens is 242 g/mol. The van der Waals surface area contributed by atoms with E-state index in [1.807, 2.05) is 27.7 Å². The van der Waals surface area contributed by atoms with Crippen LogP contribution < -0.4 is 0 Å². The summed E-state index contributed by atoms with van der Waals surface area (Å²) >= 11 is 6.06. The van der Waals surface area contributed by atoms with Crippen LogP contribution in [-0.4, -0.2) is 20.1 Å². The molecule has 5 nitrogen and oxygen atoms in total. The number of aromatic nitrogens is 2. The Labute approximate surface area is 106 Å². The molecule has 2 atom stereocenters. The van der Waals surface area contributed by atoms with Gasteiger partial charge in [0.15, 0.2) is 0 Å². The zero-order valence-corrected chi connectivity index (χ0v) is 11.5. The van der Waals surface area contributed by atoms with Crippen molar-refractivity contribution in [1.29, 1.82) is 0 Å². The summed E-state index contributed by atoms with van der Waals surface area (Å²) in [5.41, 5.74) is 1.16. The van der Waals surface area contributed by atoms with Crippen molar-refractivity contribution in [1.82, 2.24) is 9.78 Å². The Morgan fingerprint density at radius 1 is 1.35 bits per heavy atom. The van der Waals surface area contributed by atoms with Crippen LogP contribution in [0.25, 0.3) is 0 Å². The van der Waals surface area contributed by atoms with E-state index < -0.39 is 0 Å². The Kier molecular flexibility index (Phi) is 4.14. The summed E-state index contributed by atoms with van der Waals surface area (Å²) in [6.07, 6.45) is 0. The van der Waals surface area contributed by atoms with E-state index >= 15 is 0 Å². The summed E-state index contributed by atoms with van der Waals surface area (Å²) in [7, 11) is 0. The third-order valence-corrected chi connectivity index (χ3v) is 3.26. The van der Waals surface area contributed by atoms with Crippen LogP contribution in [0.4, 0.5) is 5.69 Å². The Hall–Kier alpha value is -1.10. The topological polar surface area (TPSA) is 61.0 Å². The second-order valence-electron chi connectivity index (χ2n) is 4.58. The lowest BCUT2D eigenvalue weighted by molar-refractivity contribution is -0.386. The molecule has 0 saturated heterocycles. The molecule has 0 amide bonds. The minimum absolute atomic E-state index is 0.0790. The van der Waals surface area contributed by atoms with E-state index in [0.717, 1.165) is 0 Å². The minimum Gasteiger partial charge on any atom is -0.259 e. The van der Waals surface area contributed by atoms with Gasteiger partial charge in [0, 0.05) is 17.3 Å². The van der Waals surface area contributed by atoms with E-state index in [4.69, 9.17) is 11.6 Å². The van der Waals surface area contributed by atoms with Crippen LogP contribution in [0.15, 0.2) is 0 Å². The molecule has 0 aliphatic carbocycles. The van der Waals surface area contributed by atoms with Crippen molar-refractivity contribution in [3.63, 3.8) is 0 Å². The summed E-state index contributed by atoms with van der Waals surface area (Å²) < 4.78 is 1.71. The molecule has 1 rings (SSSR count). The van der Waals surface area contributed by atoms with E-state index in [0.29, 0.717) is 11.4 Å². The van der Waals surface area contributed by atoms with Gasteiger partial charge in [-0.2, -0.15) is 5.10 Å². The fourth-order valence-corrected chi connectivity index (χ4v) is 1.94. The highest BCUT2D eigenvalue weighted by Crippen LogP contribution is 2.34. The fourth-order valence-electron chi connectivity index (χ4n) is 1.82. The molecule has 96 valence electrons. The lowest BCUT2D eigenvalue weighted by Gasteiger charge is -2.17. The number of halogens is 1. The van der Waals surface area contributed by atoms with Crippen LogP contribution in [-0.2, 0) is 0 Å². The van der Waals surface area contributed by atoms with Gasteiger partial charge in [-0.25, -0.2) is 0 Å². The van der Waals surface area contributed by atoms with Crippen molar-refractivity contribution >= 4 is 17.3 Å². The van der Waals surface area contributed by atoms with Crippen molar-refractivity contribution in [2.45, 2.75) is 52.0 Å². The Morgan fingerprint density at radius 2 is 1.88 bits per heavy atom. The highest BCUT2D eigenvalue weighted by Gasteiger charge is 2.31. The second kappa shape index (κ2) is 5.04. The maximum atomic E-state index is 11.1. The standard InChI is InChI=1S/C11H18ClN3O2/c1-6(2)14-10(7(3)8(4)12)11(15(16)17)9(5)13-14/h6-8H,1-5H3. The predicted molar refractivity (Wildman–Crippen MR) is 67.7 cm³/mol. The molecule has 0 N–H and O–H groups in total. The van der Waals surface area contributed by atoms with Crippen molar-refractivity contribution in [3.8, 4) is 0 Å². The molecule has 17 heavy (non-hydrogen) atoms. The Morgan fingerprint density at radius 3 is 2.24 bits per heavy atom. The lowest BCUT2D eigenvalue weighted by Crippen LogP contribution is -2.15. The van der Waals surface area contributed by atoms with E-state index in [2.05, 4.69) is 5.10 Å². The van der Waals surface area contributed by atoms with Gasteiger partial charge in [-0.05, 0) is 27.7 Å². The molecule has 0 aromatic carbocycles. The average molecular weight is 260 g/mol. The van der Waals surface area contributed by atoms with Crippen LogP contribution in [0.5, 0.6) is 0 Å². The van der Waals surface area contributed by atoms with E-state index in [1.54, 1.807) is 11.6 Å². The number of rotatable bonds is 4. The first-order valence-electron chi connectivity index (χ1n) is 5.64. The second-order valence-corrected chi connectivity index (χ2v) is 5.27. The molecule has 0 aliphatic rings. The highest BCUT2D eigenvalue weighted by molar-refractivity contribution is 6.20. The molecule has 0 saturated carbocycles. The van der Waals surface area contributed by atoms with Crippen LogP contribution in [0.2, 0.25) is 0 Å². The maximum Gasteiger partial charge on any atom is 0.313 e. The molecular formula is C11H18ClN3O2. The van der Waals surface area contributed by atoms with Gasteiger partial charge in [0.2, 0.25) is 0 Å². The third-order valence-electron chi connectivity index (χ3n) is 2.88. The normalized spacial score (nSPS) is 15.0. The van der Waals surface area contributed by atoms with Crippen LogP contribution in [0.3, 0.4) is 0 Å². The Bertz CT molecular complexity index is 427. The molecule has 1 heterocycles. The number of hydrogen-bond donors (Lipinski definition) is 0. The monoisotopic (exact) mass is 259 g/mol. The van der Waals surface area contributed by atoms with Gasteiger partial charge in [0.25, 0.3) is 0 Å². The molecule has 0 fully saturated rings. The van der Waals surface area contributed by atoms with Crippen LogP contribution in [0, 0.1) is 17.0 Å². The largest absolute Gasteiger partial charge is 0.313 e. The molecule has 6 heteroatoms. The van der Waals surface area contributed by atoms with Crippen molar-refractivity contribution in [3.05, 3.63) is 21.5 Å². The third kappa shape index (κ3) is 2.60. The SMILES string of the molecule is Cc1nn(C(C)C)c(C(C)C(C)Cl)c1[N+](=O)[O-]. The number of hydrogen-bond acceptors (Lipinski definition) is 3. The van der Waals surface area contributed by atoms with Gasteiger partial charge in [-0.3, -0.25) is 14.8 Å². The smallest absolute Gasteiger partial charge is 0.259 e. The van der Waals surface area contributed by atoms with E-state index in [9.17, 15) is 10.1 Å². The van der Waals surface area contributed by atoms with E-state index in [1.165, 1.54) is 0 Å². The van der Waals surface area contributed by atoms with Crippen molar-refractivity contribution in [2.24, 2.45) is 0 Å². The summed E-state index contributed by atoms with van der Waals surface area (Å²) in [4.78, 5) is 10.7. The predicted octanol–water partition coefficient (Wildman–Crippen LogP) is 3.41. The lowest BCUT2D eigenvalue weighted by atomic mass is 10.0. The van der Waals surface area contributed by atoms with Crippen LogP contribution in [0.1, 0.15) is 51.0 Å². The molecule has 0 bridgehead atoms. The number of nitrogens with zero attached hydrogens (tertiary/aromatic N) is 3. The maximum absolute atomic E-state index is 11.1. The zero-order chi connectivity index (χ0) is 13.3. The number of alkyl halides is 1. The van der Waals surface area contributed by atoms with Gasteiger partial charge < -0.3 is 0 Å². The quantitative estimate of drug-likeness (QED) is 0.473. The summed E-state index contributed by atoms with van der Waals surface area (Å²) in [6.45, 7) is 9.28. The first-order valence-corrected chi connectivity index (χ1v) is 6.08. The minimum atomic E-state index is -0.369. The van der Waals surface area contributed by atoms with Crippen molar-refractivity contribution in [2.75, 3.05) is 0 Å². The summed E-state index contributed by atoms with van der Waals surface area (Å²) in [5, 5.41) is 15.2. The first-order chi connectivity index (χ1) is 7.77. The van der Waals surface area contributed by atoms with Gasteiger partial charge in [-0.15, -0.1) is 11.6 Å². The fraction of sp³-hybridized carbons (Fsp3) is 0.727. The first kappa shape index (κ1) is 14.0. The molecule has 2 unspecified atom stereocenters. The average Bonchev–Trinajstić information content (AvgIpc) is 2.54. The molecule has 0 radical (unpaired) electrons. The van der Waals surface area contributed by atoms with Crippen LogP contribution >= 0.6 is 11.6 Å². The highest BCUT2D eigenvalue weighted by atomic mass is 35.5. The van der Waals surface area contributed by atoms with Crippen molar-refractivity contribution < 1.29 is 4.92 Å².